The number of likely N-dealkylation sites (tertiary alicyclic amines) is 1. The molecule has 4 nitrogen and oxygen atoms in total. The van der Waals surface area contributed by atoms with E-state index in [-0.39, 0.29) is 12.0 Å². The van der Waals surface area contributed by atoms with E-state index in [2.05, 4.69) is 31.0 Å². The van der Waals surface area contributed by atoms with Crippen molar-refractivity contribution in [3.63, 3.8) is 0 Å². The maximum atomic E-state index is 12.0. The first-order valence-electron chi connectivity index (χ1n) is 7.03. The van der Waals surface area contributed by atoms with E-state index in [1.165, 1.54) is 20.0 Å². The summed E-state index contributed by atoms with van der Waals surface area (Å²) in [4.78, 5) is 14.5. The van der Waals surface area contributed by atoms with Crippen molar-refractivity contribution >= 4 is 5.97 Å². The number of hydrogen-bond donors (Lipinski definition) is 1. The monoisotopic (exact) mass is 256 g/mol. The minimum atomic E-state index is -0.610. The molecule has 1 rings (SSSR count). The van der Waals surface area contributed by atoms with E-state index < -0.39 is 5.54 Å². The molecule has 0 aliphatic carbocycles. The summed E-state index contributed by atoms with van der Waals surface area (Å²) in [6.07, 6.45) is 3.63. The fraction of sp³-hybridized carbons (Fsp3) is 0.929. The van der Waals surface area contributed by atoms with Gasteiger partial charge in [-0.3, -0.25) is 15.0 Å². The van der Waals surface area contributed by atoms with Crippen LogP contribution in [0.4, 0.5) is 0 Å². The van der Waals surface area contributed by atoms with E-state index in [1.54, 1.807) is 0 Å². The highest BCUT2D eigenvalue weighted by Crippen LogP contribution is 2.23. The van der Waals surface area contributed by atoms with Gasteiger partial charge in [0.05, 0.1) is 7.11 Å². The van der Waals surface area contributed by atoms with E-state index >= 15 is 0 Å². The maximum Gasteiger partial charge on any atom is 0.327 e. The molecule has 0 aromatic carbocycles. The van der Waals surface area contributed by atoms with Crippen LogP contribution in [0.25, 0.3) is 0 Å². The lowest BCUT2D eigenvalue weighted by Crippen LogP contribution is -2.59. The molecule has 0 saturated carbocycles. The molecule has 0 bridgehead atoms. The molecule has 1 fully saturated rings. The van der Waals surface area contributed by atoms with Crippen LogP contribution >= 0.6 is 0 Å². The number of nitrogens with zero attached hydrogens (tertiary/aromatic N) is 1. The average molecular weight is 256 g/mol. The Morgan fingerprint density at radius 3 is 2.72 bits per heavy atom. The lowest BCUT2D eigenvalue weighted by Gasteiger charge is -2.36. The van der Waals surface area contributed by atoms with Crippen LogP contribution in [0.3, 0.4) is 0 Å². The predicted molar refractivity (Wildman–Crippen MR) is 73.6 cm³/mol. The van der Waals surface area contributed by atoms with Gasteiger partial charge in [0.1, 0.15) is 5.54 Å². The first-order chi connectivity index (χ1) is 8.42. The second-order valence-electron chi connectivity index (χ2n) is 5.80. The fourth-order valence-electron chi connectivity index (χ4n) is 3.00. The van der Waals surface area contributed by atoms with E-state index in [9.17, 15) is 4.79 Å². The Labute approximate surface area is 111 Å². The number of hydrogen-bond acceptors (Lipinski definition) is 4. The molecule has 1 aliphatic rings. The molecule has 106 valence electrons. The lowest BCUT2D eigenvalue weighted by atomic mass is 9.99. The molecule has 1 saturated heterocycles. The number of carbonyl (C=O) groups excluding carboxylic acids is 1. The number of nitrogens with one attached hydrogen (secondary N) is 1. The van der Waals surface area contributed by atoms with Gasteiger partial charge in [-0.1, -0.05) is 6.92 Å². The van der Waals surface area contributed by atoms with E-state index in [0.717, 1.165) is 19.5 Å². The summed E-state index contributed by atoms with van der Waals surface area (Å²) in [5, 5.41) is 3.36. The number of methoxy groups -OCH3 is 1. The zero-order valence-corrected chi connectivity index (χ0v) is 12.5. The zero-order valence-electron chi connectivity index (χ0n) is 12.5. The van der Waals surface area contributed by atoms with Crippen molar-refractivity contribution in [2.24, 2.45) is 0 Å². The van der Waals surface area contributed by atoms with Gasteiger partial charge < -0.3 is 4.74 Å². The van der Waals surface area contributed by atoms with Crippen LogP contribution in [-0.2, 0) is 9.53 Å². The molecule has 0 aromatic rings. The van der Waals surface area contributed by atoms with Crippen molar-refractivity contribution < 1.29 is 9.53 Å². The molecular weight excluding hydrogens is 228 g/mol. The van der Waals surface area contributed by atoms with Crippen LogP contribution in [0.1, 0.15) is 47.0 Å². The number of esters is 1. The lowest BCUT2D eigenvalue weighted by molar-refractivity contribution is -0.149. The van der Waals surface area contributed by atoms with Crippen LogP contribution < -0.4 is 5.32 Å². The van der Waals surface area contributed by atoms with Gasteiger partial charge in [-0.2, -0.15) is 0 Å². The molecule has 4 heteroatoms. The minimum absolute atomic E-state index is 0.169. The van der Waals surface area contributed by atoms with E-state index in [1.807, 2.05) is 6.92 Å². The highest BCUT2D eigenvalue weighted by atomic mass is 16.5. The van der Waals surface area contributed by atoms with E-state index in [0.29, 0.717) is 6.04 Å². The van der Waals surface area contributed by atoms with Gasteiger partial charge in [-0.05, 0) is 46.6 Å². The third-order valence-electron chi connectivity index (χ3n) is 3.73. The minimum Gasteiger partial charge on any atom is -0.468 e. The molecular formula is C14H28N2O2. The van der Waals surface area contributed by atoms with Crippen LogP contribution in [0, 0.1) is 0 Å². The Morgan fingerprint density at radius 2 is 2.22 bits per heavy atom. The third-order valence-corrected chi connectivity index (χ3v) is 3.73. The van der Waals surface area contributed by atoms with Gasteiger partial charge in [0.15, 0.2) is 0 Å². The van der Waals surface area contributed by atoms with Crippen molar-refractivity contribution in [1.29, 1.82) is 0 Å². The topological polar surface area (TPSA) is 41.6 Å². The van der Waals surface area contributed by atoms with Gasteiger partial charge in [-0.25, -0.2) is 0 Å². The first-order valence-corrected chi connectivity index (χ1v) is 7.03. The van der Waals surface area contributed by atoms with Crippen LogP contribution in [0.15, 0.2) is 0 Å². The second-order valence-corrected chi connectivity index (χ2v) is 5.80. The highest BCUT2D eigenvalue weighted by Gasteiger charge is 2.39. The summed E-state index contributed by atoms with van der Waals surface area (Å²) < 4.78 is 4.97. The van der Waals surface area contributed by atoms with Crippen molar-refractivity contribution in [3.8, 4) is 0 Å². The molecule has 2 unspecified atom stereocenters. The van der Waals surface area contributed by atoms with E-state index in [4.69, 9.17) is 4.74 Å². The molecule has 1 heterocycles. The summed E-state index contributed by atoms with van der Waals surface area (Å²) in [6, 6.07) is 0.875. The van der Waals surface area contributed by atoms with Gasteiger partial charge in [0, 0.05) is 18.6 Å². The normalized spacial score (nSPS) is 24.2. The second kappa shape index (κ2) is 6.53. The molecule has 1 N–H and O–H groups in total. The first kappa shape index (κ1) is 15.4. The molecule has 0 spiro atoms. The smallest absolute Gasteiger partial charge is 0.327 e. The molecule has 18 heavy (non-hydrogen) atoms. The maximum absolute atomic E-state index is 12.0. The van der Waals surface area contributed by atoms with Gasteiger partial charge >= 0.3 is 5.97 Å². The van der Waals surface area contributed by atoms with Crippen molar-refractivity contribution in [2.45, 2.75) is 64.6 Å². The summed E-state index contributed by atoms with van der Waals surface area (Å²) in [5.41, 5.74) is -0.610. The van der Waals surface area contributed by atoms with Crippen LogP contribution in [-0.4, -0.2) is 48.7 Å². The predicted octanol–water partition coefficient (Wildman–Crippen LogP) is 1.79. The fourth-order valence-corrected chi connectivity index (χ4v) is 3.00. The van der Waals surface area contributed by atoms with Crippen molar-refractivity contribution in [2.75, 3.05) is 20.2 Å². The molecule has 0 aromatic heterocycles. The Bertz CT molecular complexity index is 281. The van der Waals surface area contributed by atoms with Gasteiger partial charge in [0.25, 0.3) is 0 Å². The Balaban J connectivity index is 2.74. The summed E-state index contributed by atoms with van der Waals surface area (Å²) >= 11 is 0. The molecule has 1 aliphatic heterocycles. The summed E-state index contributed by atoms with van der Waals surface area (Å²) in [7, 11) is 1.46. The number of carbonyl (C=O) groups is 1. The Hall–Kier alpha value is -0.610. The summed E-state index contributed by atoms with van der Waals surface area (Å²) in [5.74, 6) is -0.169. The quantitative estimate of drug-likeness (QED) is 0.736. The van der Waals surface area contributed by atoms with Crippen molar-refractivity contribution in [3.05, 3.63) is 0 Å². The summed E-state index contributed by atoms with van der Waals surface area (Å²) in [6.45, 7) is 10.1. The Morgan fingerprint density at radius 1 is 1.56 bits per heavy atom. The third kappa shape index (κ3) is 3.69. The molecule has 2 atom stereocenters. The SMILES string of the molecule is CCC1CCCN1CC(C)(NC(C)C)C(=O)OC. The molecule has 0 radical (unpaired) electrons. The highest BCUT2D eigenvalue weighted by molar-refractivity contribution is 5.80. The van der Waals surface area contributed by atoms with Crippen LogP contribution in [0.2, 0.25) is 0 Å². The van der Waals surface area contributed by atoms with Gasteiger partial charge in [0.2, 0.25) is 0 Å². The standard InChI is InChI=1S/C14H28N2O2/c1-6-12-8-7-9-16(12)10-14(4,13(17)18-5)15-11(2)3/h11-12,15H,6-10H2,1-5H3. The Kier molecular flexibility index (Phi) is 5.60. The zero-order chi connectivity index (χ0) is 13.8. The van der Waals surface area contributed by atoms with Crippen LogP contribution in [0.5, 0.6) is 0 Å². The largest absolute Gasteiger partial charge is 0.468 e. The average Bonchev–Trinajstić information content (AvgIpc) is 2.73. The molecule has 0 amide bonds. The van der Waals surface area contributed by atoms with Crippen molar-refractivity contribution in [1.82, 2.24) is 10.2 Å². The number of ether oxygens (including phenoxy) is 1. The number of rotatable bonds is 6. The van der Waals surface area contributed by atoms with Gasteiger partial charge in [-0.15, -0.1) is 0 Å².